The van der Waals surface area contributed by atoms with E-state index >= 15 is 0 Å². The SMILES string of the molecule is COCCNCC(=O)N1Cc2ccccc2C(C(=O)O)C1. The van der Waals surface area contributed by atoms with Crippen LogP contribution < -0.4 is 5.32 Å². The molecule has 0 radical (unpaired) electrons. The number of hydrogen-bond acceptors (Lipinski definition) is 4. The lowest BCUT2D eigenvalue weighted by Crippen LogP contribution is -2.44. The minimum atomic E-state index is -0.896. The molecule has 0 saturated heterocycles. The number of carbonyl (C=O) groups excluding carboxylic acids is 1. The maximum Gasteiger partial charge on any atom is 0.312 e. The molecule has 2 rings (SSSR count). The standard InChI is InChI=1S/C15H20N2O4/c1-21-7-6-16-8-14(18)17-9-11-4-2-3-5-12(11)13(10-17)15(19)20/h2-5,13,16H,6-10H2,1H3,(H,19,20). The summed E-state index contributed by atoms with van der Waals surface area (Å²) >= 11 is 0. The molecule has 0 aromatic heterocycles. The number of nitrogens with zero attached hydrogens (tertiary/aromatic N) is 1. The zero-order valence-electron chi connectivity index (χ0n) is 12.0. The third-order valence-corrected chi connectivity index (χ3v) is 3.60. The number of carboxylic acids is 1. The highest BCUT2D eigenvalue weighted by molar-refractivity contribution is 5.82. The Kier molecular flexibility index (Phi) is 5.30. The Hall–Kier alpha value is -1.92. The van der Waals surface area contributed by atoms with Crippen LogP contribution in [0.3, 0.4) is 0 Å². The highest BCUT2D eigenvalue weighted by Crippen LogP contribution is 2.28. The maximum absolute atomic E-state index is 12.2. The van der Waals surface area contributed by atoms with E-state index < -0.39 is 11.9 Å². The number of fused-ring (bicyclic) bond motifs is 1. The molecule has 0 spiro atoms. The van der Waals surface area contributed by atoms with E-state index in [1.807, 2.05) is 24.3 Å². The van der Waals surface area contributed by atoms with Crippen LogP contribution in [0.25, 0.3) is 0 Å². The minimum Gasteiger partial charge on any atom is -0.481 e. The van der Waals surface area contributed by atoms with Crippen molar-refractivity contribution in [1.29, 1.82) is 0 Å². The lowest BCUT2D eigenvalue weighted by molar-refractivity contribution is -0.141. The predicted molar refractivity (Wildman–Crippen MR) is 77.0 cm³/mol. The summed E-state index contributed by atoms with van der Waals surface area (Å²) < 4.78 is 4.90. The summed E-state index contributed by atoms with van der Waals surface area (Å²) in [4.78, 5) is 25.2. The monoisotopic (exact) mass is 292 g/mol. The van der Waals surface area contributed by atoms with Gasteiger partial charge in [-0.3, -0.25) is 9.59 Å². The van der Waals surface area contributed by atoms with Gasteiger partial charge >= 0.3 is 5.97 Å². The number of amides is 1. The smallest absolute Gasteiger partial charge is 0.312 e. The Morgan fingerprint density at radius 2 is 2.19 bits per heavy atom. The number of methoxy groups -OCH3 is 1. The zero-order valence-corrected chi connectivity index (χ0v) is 12.0. The van der Waals surface area contributed by atoms with Crippen LogP contribution in [0, 0.1) is 0 Å². The maximum atomic E-state index is 12.2. The fourth-order valence-corrected chi connectivity index (χ4v) is 2.49. The van der Waals surface area contributed by atoms with Crippen molar-refractivity contribution in [2.24, 2.45) is 0 Å². The third-order valence-electron chi connectivity index (χ3n) is 3.60. The fourth-order valence-electron chi connectivity index (χ4n) is 2.49. The lowest BCUT2D eigenvalue weighted by Gasteiger charge is -2.33. The van der Waals surface area contributed by atoms with Gasteiger partial charge in [0.15, 0.2) is 0 Å². The molecule has 1 aliphatic heterocycles. The largest absolute Gasteiger partial charge is 0.481 e. The average Bonchev–Trinajstić information content (AvgIpc) is 2.50. The highest BCUT2D eigenvalue weighted by atomic mass is 16.5. The van der Waals surface area contributed by atoms with Gasteiger partial charge in [-0.2, -0.15) is 0 Å². The quantitative estimate of drug-likeness (QED) is 0.744. The number of carboxylic acid groups (broad SMARTS) is 1. The molecule has 1 aromatic carbocycles. The molecule has 2 N–H and O–H groups in total. The molecule has 1 unspecified atom stereocenters. The number of carbonyl (C=O) groups is 2. The van der Waals surface area contributed by atoms with Crippen molar-refractivity contribution in [3.8, 4) is 0 Å². The minimum absolute atomic E-state index is 0.0909. The first-order valence-electron chi connectivity index (χ1n) is 6.91. The highest BCUT2D eigenvalue weighted by Gasteiger charge is 2.31. The van der Waals surface area contributed by atoms with Gasteiger partial charge in [0, 0.05) is 26.7 Å². The summed E-state index contributed by atoms with van der Waals surface area (Å²) in [5, 5.41) is 12.3. The Morgan fingerprint density at radius 3 is 2.90 bits per heavy atom. The molecule has 1 aliphatic rings. The number of benzene rings is 1. The van der Waals surface area contributed by atoms with Crippen molar-refractivity contribution in [2.75, 3.05) is 33.4 Å². The molecule has 0 aliphatic carbocycles. The van der Waals surface area contributed by atoms with Gasteiger partial charge in [-0.05, 0) is 11.1 Å². The number of rotatable bonds is 6. The number of nitrogens with one attached hydrogen (secondary N) is 1. The summed E-state index contributed by atoms with van der Waals surface area (Å²) in [6, 6.07) is 7.40. The van der Waals surface area contributed by atoms with Crippen LogP contribution >= 0.6 is 0 Å². The van der Waals surface area contributed by atoms with Gasteiger partial charge < -0.3 is 20.1 Å². The van der Waals surface area contributed by atoms with Crippen LogP contribution in [-0.2, 0) is 20.9 Å². The van der Waals surface area contributed by atoms with Crippen LogP contribution in [0.1, 0.15) is 17.0 Å². The molecule has 0 saturated carbocycles. The van der Waals surface area contributed by atoms with Gasteiger partial charge in [0.1, 0.15) is 0 Å². The molecule has 1 aromatic rings. The van der Waals surface area contributed by atoms with E-state index in [0.29, 0.717) is 19.7 Å². The van der Waals surface area contributed by atoms with Crippen molar-refractivity contribution in [2.45, 2.75) is 12.5 Å². The van der Waals surface area contributed by atoms with E-state index in [4.69, 9.17) is 4.74 Å². The normalized spacial score (nSPS) is 17.4. The van der Waals surface area contributed by atoms with Gasteiger partial charge in [0.25, 0.3) is 0 Å². The molecule has 1 heterocycles. The van der Waals surface area contributed by atoms with Gasteiger partial charge in [-0.15, -0.1) is 0 Å². The van der Waals surface area contributed by atoms with E-state index in [1.165, 1.54) is 0 Å². The molecule has 21 heavy (non-hydrogen) atoms. The molecule has 114 valence electrons. The van der Waals surface area contributed by atoms with E-state index in [0.717, 1.165) is 11.1 Å². The van der Waals surface area contributed by atoms with E-state index in [2.05, 4.69) is 5.32 Å². The first-order valence-corrected chi connectivity index (χ1v) is 6.91. The molecule has 0 bridgehead atoms. The molecule has 1 amide bonds. The summed E-state index contributed by atoms with van der Waals surface area (Å²) in [5.74, 6) is -1.64. The molecular formula is C15H20N2O4. The van der Waals surface area contributed by atoms with Crippen LogP contribution in [0.4, 0.5) is 0 Å². The number of aliphatic carboxylic acids is 1. The summed E-state index contributed by atoms with van der Waals surface area (Å²) in [6.45, 7) is 2.00. The van der Waals surface area contributed by atoms with Crippen molar-refractivity contribution in [3.63, 3.8) is 0 Å². The number of ether oxygens (including phenoxy) is 1. The molecule has 0 fully saturated rings. The molecule has 6 nitrogen and oxygen atoms in total. The topological polar surface area (TPSA) is 78.9 Å². The van der Waals surface area contributed by atoms with Crippen molar-refractivity contribution in [3.05, 3.63) is 35.4 Å². The average molecular weight is 292 g/mol. The predicted octanol–water partition coefficient (Wildman–Crippen LogP) is 0.433. The van der Waals surface area contributed by atoms with Gasteiger partial charge in [-0.1, -0.05) is 24.3 Å². The van der Waals surface area contributed by atoms with Gasteiger partial charge in [-0.25, -0.2) is 0 Å². The van der Waals surface area contributed by atoms with E-state index in [-0.39, 0.29) is 19.0 Å². The zero-order chi connectivity index (χ0) is 15.2. The van der Waals surface area contributed by atoms with E-state index in [9.17, 15) is 14.7 Å². The van der Waals surface area contributed by atoms with Crippen LogP contribution in [0.5, 0.6) is 0 Å². The first kappa shape index (κ1) is 15.5. The second-order valence-electron chi connectivity index (χ2n) is 5.03. The van der Waals surface area contributed by atoms with Gasteiger partial charge in [0.05, 0.1) is 19.1 Å². The van der Waals surface area contributed by atoms with Crippen molar-refractivity contribution >= 4 is 11.9 Å². The van der Waals surface area contributed by atoms with E-state index in [1.54, 1.807) is 12.0 Å². The first-order chi connectivity index (χ1) is 10.1. The third kappa shape index (κ3) is 3.80. The van der Waals surface area contributed by atoms with Crippen LogP contribution in [0.15, 0.2) is 24.3 Å². The molecular weight excluding hydrogens is 272 g/mol. The number of hydrogen-bond donors (Lipinski definition) is 2. The summed E-state index contributed by atoms with van der Waals surface area (Å²) in [5.41, 5.74) is 1.71. The molecule has 6 heteroatoms. The van der Waals surface area contributed by atoms with Crippen LogP contribution in [-0.4, -0.2) is 55.2 Å². The Balaban J connectivity index is 2.03. The summed E-state index contributed by atoms with van der Waals surface area (Å²) in [7, 11) is 1.60. The van der Waals surface area contributed by atoms with Crippen molar-refractivity contribution < 1.29 is 19.4 Å². The lowest BCUT2D eigenvalue weighted by atomic mass is 9.90. The second-order valence-corrected chi connectivity index (χ2v) is 5.03. The Bertz CT molecular complexity index is 518. The second kappa shape index (κ2) is 7.19. The summed E-state index contributed by atoms with van der Waals surface area (Å²) in [6.07, 6.45) is 0. The Labute approximate surface area is 123 Å². The molecule has 1 atom stereocenters. The Morgan fingerprint density at radius 1 is 1.43 bits per heavy atom. The van der Waals surface area contributed by atoms with Crippen LogP contribution in [0.2, 0.25) is 0 Å². The van der Waals surface area contributed by atoms with Gasteiger partial charge in [0.2, 0.25) is 5.91 Å². The van der Waals surface area contributed by atoms with Crippen molar-refractivity contribution in [1.82, 2.24) is 10.2 Å². The fraction of sp³-hybridized carbons (Fsp3) is 0.467.